The minimum Gasteiger partial charge on any atom is -0.459 e. The lowest BCUT2D eigenvalue weighted by molar-refractivity contribution is 0.0922. The molecule has 0 atom stereocenters. The van der Waals surface area contributed by atoms with Crippen molar-refractivity contribution in [1.29, 1.82) is 0 Å². The maximum Gasteiger partial charge on any atom is 0.287 e. The lowest BCUT2D eigenvalue weighted by atomic mass is 10.4. The van der Waals surface area contributed by atoms with Gasteiger partial charge in [-0.15, -0.1) is 0 Å². The van der Waals surface area contributed by atoms with Gasteiger partial charge in [0.25, 0.3) is 5.91 Å². The number of oxazole rings is 1. The predicted octanol–water partition coefficient (Wildman–Crippen LogP) is 1.20. The summed E-state index contributed by atoms with van der Waals surface area (Å²) in [4.78, 5) is 15.2. The summed E-state index contributed by atoms with van der Waals surface area (Å²) >= 11 is 0. The standard InChI is InChI=1S/C9H8N2O3/c12-9(8-2-1-3-14-8)10-4-7-5-13-6-11-7/h1-3,5-6H,4H2,(H,10,12). The first kappa shape index (κ1) is 8.55. The number of nitrogens with one attached hydrogen (secondary N) is 1. The van der Waals surface area contributed by atoms with Gasteiger partial charge in [0.15, 0.2) is 12.2 Å². The molecule has 2 rings (SSSR count). The van der Waals surface area contributed by atoms with Crippen molar-refractivity contribution in [3.8, 4) is 0 Å². The number of carbonyl (C=O) groups is 1. The Bertz CT molecular complexity index is 392. The van der Waals surface area contributed by atoms with Gasteiger partial charge in [-0.1, -0.05) is 0 Å². The van der Waals surface area contributed by atoms with Gasteiger partial charge in [-0.2, -0.15) is 0 Å². The Balaban J connectivity index is 1.90. The number of furan rings is 1. The first-order valence-corrected chi connectivity index (χ1v) is 4.05. The molecule has 0 aliphatic rings. The van der Waals surface area contributed by atoms with Crippen molar-refractivity contribution in [2.45, 2.75) is 6.54 Å². The fourth-order valence-corrected chi connectivity index (χ4v) is 0.991. The van der Waals surface area contributed by atoms with E-state index in [0.29, 0.717) is 12.2 Å². The van der Waals surface area contributed by atoms with Crippen molar-refractivity contribution in [3.05, 3.63) is 42.5 Å². The van der Waals surface area contributed by atoms with Crippen LogP contribution in [0.5, 0.6) is 0 Å². The van der Waals surface area contributed by atoms with E-state index in [4.69, 9.17) is 8.83 Å². The number of carbonyl (C=O) groups excluding carboxylic acids is 1. The monoisotopic (exact) mass is 192 g/mol. The average molecular weight is 192 g/mol. The minimum atomic E-state index is -0.266. The quantitative estimate of drug-likeness (QED) is 0.793. The molecule has 5 nitrogen and oxygen atoms in total. The normalized spacial score (nSPS) is 10.0. The van der Waals surface area contributed by atoms with Gasteiger partial charge in [-0.3, -0.25) is 4.79 Å². The van der Waals surface area contributed by atoms with Gasteiger partial charge < -0.3 is 14.2 Å². The number of nitrogens with zero attached hydrogens (tertiary/aromatic N) is 1. The zero-order valence-corrected chi connectivity index (χ0v) is 7.27. The summed E-state index contributed by atoms with van der Waals surface area (Å²) in [6.07, 6.45) is 4.24. The largest absolute Gasteiger partial charge is 0.459 e. The molecule has 0 saturated carbocycles. The number of aromatic nitrogens is 1. The molecule has 1 amide bonds. The minimum absolute atomic E-state index is 0.266. The Morgan fingerprint density at radius 1 is 1.57 bits per heavy atom. The average Bonchev–Trinajstić information content (AvgIpc) is 2.87. The van der Waals surface area contributed by atoms with Crippen molar-refractivity contribution < 1.29 is 13.6 Å². The zero-order chi connectivity index (χ0) is 9.80. The van der Waals surface area contributed by atoms with Crippen LogP contribution in [0.25, 0.3) is 0 Å². The van der Waals surface area contributed by atoms with E-state index in [1.165, 1.54) is 18.9 Å². The Kier molecular flexibility index (Phi) is 2.31. The van der Waals surface area contributed by atoms with Gasteiger partial charge in [0.05, 0.1) is 18.5 Å². The molecule has 2 aromatic rings. The molecule has 2 aromatic heterocycles. The molecule has 0 saturated heterocycles. The highest BCUT2D eigenvalue weighted by Crippen LogP contribution is 2.00. The van der Waals surface area contributed by atoms with Crippen LogP contribution in [-0.4, -0.2) is 10.9 Å². The predicted molar refractivity (Wildman–Crippen MR) is 46.4 cm³/mol. The SMILES string of the molecule is O=C(NCc1cocn1)c1ccco1. The van der Waals surface area contributed by atoms with Crippen LogP contribution in [0.3, 0.4) is 0 Å². The molecule has 0 fully saturated rings. The molecular formula is C9H8N2O3. The summed E-state index contributed by atoms with van der Waals surface area (Å²) < 4.78 is 9.66. The van der Waals surface area contributed by atoms with E-state index < -0.39 is 0 Å². The summed E-state index contributed by atoms with van der Waals surface area (Å²) in [6, 6.07) is 3.25. The second-order valence-corrected chi connectivity index (χ2v) is 2.64. The van der Waals surface area contributed by atoms with Crippen LogP contribution in [-0.2, 0) is 6.54 Å². The molecule has 2 heterocycles. The third-order valence-electron chi connectivity index (χ3n) is 1.66. The first-order chi connectivity index (χ1) is 6.86. The van der Waals surface area contributed by atoms with E-state index in [1.54, 1.807) is 12.1 Å². The van der Waals surface area contributed by atoms with E-state index in [1.807, 2.05) is 0 Å². The van der Waals surface area contributed by atoms with Crippen LogP contribution in [0.2, 0.25) is 0 Å². The van der Waals surface area contributed by atoms with Gasteiger partial charge in [-0.05, 0) is 12.1 Å². The highest BCUT2D eigenvalue weighted by atomic mass is 16.3. The van der Waals surface area contributed by atoms with Crippen LogP contribution in [0, 0.1) is 0 Å². The van der Waals surface area contributed by atoms with E-state index in [0.717, 1.165) is 0 Å². The number of rotatable bonds is 3. The Morgan fingerprint density at radius 3 is 3.14 bits per heavy atom. The van der Waals surface area contributed by atoms with Crippen LogP contribution in [0.4, 0.5) is 0 Å². The fourth-order valence-electron chi connectivity index (χ4n) is 0.991. The van der Waals surface area contributed by atoms with Gasteiger partial charge in [-0.25, -0.2) is 4.98 Å². The fraction of sp³-hybridized carbons (Fsp3) is 0.111. The first-order valence-electron chi connectivity index (χ1n) is 4.05. The zero-order valence-electron chi connectivity index (χ0n) is 7.27. The highest BCUT2D eigenvalue weighted by Gasteiger charge is 2.07. The topological polar surface area (TPSA) is 68.3 Å². The number of amides is 1. The van der Waals surface area contributed by atoms with E-state index in [-0.39, 0.29) is 11.7 Å². The lowest BCUT2D eigenvalue weighted by Gasteiger charge is -1.98. The Labute approximate surface area is 79.7 Å². The third-order valence-corrected chi connectivity index (χ3v) is 1.66. The highest BCUT2D eigenvalue weighted by molar-refractivity contribution is 5.91. The van der Waals surface area contributed by atoms with Crippen LogP contribution < -0.4 is 5.32 Å². The lowest BCUT2D eigenvalue weighted by Crippen LogP contribution is -2.22. The molecule has 0 unspecified atom stereocenters. The van der Waals surface area contributed by atoms with E-state index in [9.17, 15) is 4.79 Å². The molecule has 14 heavy (non-hydrogen) atoms. The molecular weight excluding hydrogens is 184 g/mol. The van der Waals surface area contributed by atoms with E-state index >= 15 is 0 Å². The molecule has 0 aliphatic carbocycles. The number of hydrogen-bond donors (Lipinski definition) is 1. The van der Waals surface area contributed by atoms with Crippen molar-refractivity contribution in [3.63, 3.8) is 0 Å². The van der Waals surface area contributed by atoms with E-state index in [2.05, 4.69) is 10.3 Å². The summed E-state index contributed by atoms with van der Waals surface area (Å²) in [5, 5.41) is 2.63. The smallest absolute Gasteiger partial charge is 0.287 e. The summed E-state index contributed by atoms with van der Waals surface area (Å²) in [5.74, 6) is 0.0199. The Morgan fingerprint density at radius 2 is 2.50 bits per heavy atom. The molecule has 0 aliphatic heterocycles. The van der Waals surface area contributed by atoms with Crippen LogP contribution in [0.15, 0.2) is 39.9 Å². The van der Waals surface area contributed by atoms with Crippen molar-refractivity contribution >= 4 is 5.91 Å². The van der Waals surface area contributed by atoms with Crippen molar-refractivity contribution in [1.82, 2.24) is 10.3 Å². The van der Waals surface area contributed by atoms with Gasteiger partial charge in [0.1, 0.15) is 6.26 Å². The van der Waals surface area contributed by atoms with Crippen molar-refractivity contribution in [2.75, 3.05) is 0 Å². The van der Waals surface area contributed by atoms with Gasteiger partial charge in [0.2, 0.25) is 0 Å². The molecule has 0 bridgehead atoms. The molecule has 0 radical (unpaired) electrons. The van der Waals surface area contributed by atoms with Crippen molar-refractivity contribution in [2.24, 2.45) is 0 Å². The van der Waals surface area contributed by atoms with Gasteiger partial charge in [0, 0.05) is 0 Å². The Hall–Kier alpha value is -2.04. The van der Waals surface area contributed by atoms with Crippen LogP contribution >= 0.6 is 0 Å². The molecule has 0 aromatic carbocycles. The molecule has 5 heteroatoms. The summed E-state index contributed by atoms with van der Waals surface area (Å²) in [7, 11) is 0. The second-order valence-electron chi connectivity index (χ2n) is 2.64. The summed E-state index contributed by atoms with van der Waals surface area (Å²) in [5.41, 5.74) is 0.671. The third kappa shape index (κ3) is 1.82. The molecule has 0 spiro atoms. The maximum absolute atomic E-state index is 11.3. The van der Waals surface area contributed by atoms with Gasteiger partial charge >= 0.3 is 0 Å². The summed E-state index contributed by atoms with van der Waals surface area (Å²) in [6.45, 7) is 0.329. The maximum atomic E-state index is 11.3. The number of hydrogen-bond acceptors (Lipinski definition) is 4. The molecule has 72 valence electrons. The van der Waals surface area contributed by atoms with Crippen LogP contribution in [0.1, 0.15) is 16.2 Å². The second kappa shape index (κ2) is 3.78. The molecule has 1 N–H and O–H groups in total.